The van der Waals surface area contributed by atoms with E-state index in [1.807, 2.05) is 0 Å². The van der Waals surface area contributed by atoms with E-state index in [2.05, 4.69) is 20.3 Å². The van der Waals surface area contributed by atoms with Crippen LogP contribution in [0.4, 0.5) is 10.2 Å². The van der Waals surface area contributed by atoms with Gasteiger partial charge in [0.15, 0.2) is 0 Å². The quantitative estimate of drug-likeness (QED) is 0.606. The van der Waals surface area contributed by atoms with Gasteiger partial charge in [0.1, 0.15) is 29.2 Å². The average molecular weight is 361 g/mol. The van der Waals surface area contributed by atoms with Crippen LogP contribution >= 0.6 is 0 Å². The van der Waals surface area contributed by atoms with Crippen LogP contribution in [-0.4, -0.2) is 25.4 Å². The molecule has 0 fully saturated rings. The Kier molecular flexibility index (Phi) is 4.13. The number of fused-ring (bicyclic) bond motifs is 1. The Balaban J connectivity index is 1.88. The van der Waals surface area contributed by atoms with Crippen LogP contribution in [0, 0.1) is 5.82 Å². The van der Waals surface area contributed by atoms with E-state index in [0.717, 1.165) is 0 Å². The van der Waals surface area contributed by atoms with Gasteiger partial charge < -0.3 is 9.88 Å². The second-order valence-electron chi connectivity index (χ2n) is 5.64. The highest BCUT2D eigenvalue weighted by atomic mass is 19.1. The Labute approximate surface area is 152 Å². The lowest BCUT2D eigenvalue weighted by Crippen LogP contribution is -2.24. The van der Waals surface area contributed by atoms with Crippen molar-refractivity contribution < 1.29 is 9.18 Å². The summed E-state index contributed by atoms with van der Waals surface area (Å²) in [5.41, 5.74) is 0.394. The Hall–Kier alpha value is -3.94. The third-order valence-electron chi connectivity index (χ3n) is 3.94. The van der Waals surface area contributed by atoms with Gasteiger partial charge in [-0.25, -0.2) is 19.3 Å². The lowest BCUT2D eigenvalue weighted by Gasteiger charge is -2.12. The van der Waals surface area contributed by atoms with Crippen LogP contribution in [-0.2, 0) is 0 Å². The fraction of sp³-hybridized carbons (Fsp3) is 0. The summed E-state index contributed by atoms with van der Waals surface area (Å²) in [6.45, 7) is 0. The highest BCUT2D eigenvalue weighted by molar-refractivity contribution is 6.05. The van der Waals surface area contributed by atoms with Crippen molar-refractivity contribution in [2.75, 3.05) is 5.32 Å². The van der Waals surface area contributed by atoms with E-state index in [4.69, 9.17) is 0 Å². The summed E-state index contributed by atoms with van der Waals surface area (Å²) < 4.78 is 14.9. The molecule has 27 heavy (non-hydrogen) atoms. The van der Waals surface area contributed by atoms with E-state index in [1.165, 1.54) is 36.9 Å². The van der Waals surface area contributed by atoms with Crippen LogP contribution in [0.5, 0.6) is 0 Å². The summed E-state index contributed by atoms with van der Waals surface area (Å²) in [6, 6.07) is 10.4. The number of amides is 1. The third kappa shape index (κ3) is 3.15. The summed E-state index contributed by atoms with van der Waals surface area (Å²) in [5.74, 6) is -0.729. The standard InChI is InChI=1S/C19H12FN5O2/c20-12-3-5-13(6-4-12)25-10-15(17(26)14-2-1-8-22-18(14)25)19(27)24-16-7-9-21-11-23-16/h1-11H,(H,21,23,24,27). The Morgan fingerprint density at radius 1 is 1.04 bits per heavy atom. The van der Waals surface area contributed by atoms with Crippen LogP contribution in [0.3, 0.4) is 0 Å². The normalized spacial score (nSPS) is 10.7. The number of carbonyl (C=O) groups excluding carboxylic acids is 1. The minimum atomic E-state index is -0.611. The van der Waals surface area contributed by atoms with Crippen molar-refractivity contribution in [2.45, 2.75) is 0 Å². The molecule has 0 aliphatic carbocycles. The molecule has 7 nitrogen and oxygen atoms in total. The van der Waals surface area contributed by atoms with E-state index in [-0.39, 0.29) is 16.8 Å². The van der Waals surface area contributed by atoms with Crippen molar-refractivity contribution >= 4 is 22.8 Å². The number of benzene rings is 1. The molecule has 0 atom stereocenters. The van der Waals surface area contributed by atoms with Crippen LogP contribution < -0.4 is 10.7 Å². The first kappa shape index (κ1) is 16.5. The summed E-state index contributed by atoms with van der Waals surface area (Å²) in [5, 5.41) is 2.84. The highest BCUT2D eigenvalue weighted by Gasteiger charge is 2.17. The molecule has 8 heteroatoms. The Morgan fingerprint density at radius 2 is 1.85 bits per heavy atom. The lowest BCUT2D eigenvalue weighted by atomic mass is 10.1. The van der Waals surface area contributed by atoms with Gasteiger partial charge in [0.2, 0.25) is 5.43 Å². The molecule has 0 aliphatic rings. The molecule has 3 aromatic heterocycles. The van der Waals surface area contributed by atoms with Gasteiger partial charge in [0.25, 0.3) is 5.91 Å². The van der Waals surface area contributed by atoms with E-state index in [9.17, 15) is 14.0 Å². The van der Waals surface area contributed by atoms with Gasteiger partial charge in [0, 0.05) is 24.3 Å². The maximum atomic E-state index is 13.3. The molecule has 0 saturated carbocycles. The van der Waals surface area contributed by atoms with E-state index in [0.29, 0.717) is 11.3 Å². The van der Waals surface area contributed by atoms with Gasteiger partial charge in [-0.1, -0.05) is 0 Å². The van der Waals surface area contributed by atoms with Crippen molar-refractivity contribution in [1.29, 1.82) is 0 Å². The van der Waals surface area contributed by atoms with Crippen molar-refractivity contribution in [1.82, 2.24) is 19.5 Å². The number of nitrogens with zero attached hydrogens (tertiary/aromatic N) is 4. The van der Waals surface area contributed by atoms with Crippen molar-refractivity contribution in [3.63, 3.8) is 0 Å². The molecule has 0 saturated heterocycles. The summed E-state index contributed by atoms with van der Waals surface area (Å²) >= 11 is 0. The zero-order valence-corrected chi connectivity index (χ0v) is 13.8. The number of pyridine rings is 2. The number of carbonyl (C=O) groups is 1. The predicted molar refractivity (Wildman–Crippen MR) is 97.3 cm³/mol. The molecule has 4 aromatic rings. The highest BCUT2D eigenvalue weighted by Crippen LogP contribution is 2.17. The Bertz CT molecular complexity index is 1190. The number of anilines is 1. The first-order chi connectivity index (χ1) is 13.1. The molecule has 0 unspecified atom stereocenters. The molecule has 1 N–H and O–H groups in total. The molecule has 132 valence electrons. The lowest BCUT2D eigenvalue weighted by molar-refractivity contribution is 0.102. The second kappa shape index (κ2) is 6.75. The SMILES string of the molecule is O=C(Nc1ccncn1)c1cn(-c2ccc(F)cc2)c2ncccc2c1=O. The molecule has 0 bridgehead atoms. The van der Waals surface area contributed by atoms with E-state index < -0.39 is 17.2 Å². The second-order valence-corrected chi connectivity index (χ2v) is 5.64. The molecule has 0 radical (unpaired) electrons. The molecule has 3 heterocycles. The van der Waals surface area contributed by atoms with Crippen molar-refractivity contribution in [2.24, 2.45) is 0 Å². The maximum Gasteiger partial charge on any atom is 0.262 e. The Morgan fingerprint density at radius 3 is 2.59 bits per heavy atom. The van der Waals surface area contributed by atoms with Crippen molar-refractivity contribution in [3.05, 3.63) is 89.0 Å². The van der Waals surface area contributed by atoms with Gasteiger partial charge in [0.05, 0.1) is 5.39 Å². The zero-order chi connectivity index (χ0) is 18.8. The molecule has 1 amide bonds. The largest absolute Gasteiger partial charge is 0.306 e. The summed E-state index contributed by atoms with van der Waals surface area (Å²) in [7, 11) is 0. The smallest absolute Gasteiger partial charge is 0.262 e. The van der Waals surface area contributed by atoms with E-state index >= 15 is 0 Å². The fourth-order valence-corrected chi connectivity index (χ4v) is 2.67. The topological polar surface area (TPSA) is 89.8 Å². The zero-order valence-electron chi connectivity index (χ0n) is 13.8. The number of aromatic nitrogens is 4. The van der Waals surface area contributed by atoms with Crippen LogP contribution in [0.15, 0.2) is 72.2 Å². The number of hydrogen-bond acceptors (Lipinski definition) is 5. The summed E-state index contributed by atoms with van der Waals surface area (Å²) in [6.07, 6.45) is 5.70. The van der Waals surface area contributed by atoms with Crippen molar-refractivity contribution in [3.8, 4) is 5.69 Å². The van der Waals surface area contributed by atoms with Crippen LogP contribution in [0.1, 0.15) is 10.4 Å². The number of nitrogens with one attached hydrogen (secondary N) is 1. The molecule has 0 spiro atoms. The predicted octanol–water partition coefficient (Wildman–Crippen LogP) is 2.57. The molecule has 0 aliphatic heterocycles. The first-order valence-corrected chi connectivity index (χ1v) is 7.97. The van der Waals surface area contributed by atoms with Gasteiger partial charge in [-0.3, -0.25) is 9.59 Å². The third-order valence-corrected chi connectivity index (χ3v) is 3.94. The van der Waals surface area contributed by atoms with E-state index in [1.54, 1.807) is 35.0 Å². The number of halogens is 1. The number of hydrogen-bond donors (Lipinski definition) is 1. The minimum absolute atomic E-state index is 0.0848. The summed E-state index contributed by atoms with van der Waals surface area (Å²) in [4.78, 5) is 37.4. The molecule has 1 aromatic carbocycles. The molecule has 4 rings (SSSR count). The van der Waals surface area contributed by atoms with Crippen LogP contribution in [0.2, 0.25) is 0 Å². The number of rotatable bonds is 3. The monoisotopic (exact) mass is 361 g/mol. The molecular formula is C19H12FN5O2. The van der Waals surface area contributed by atoms with Gasteiger partial charge in [-0.15, -0.1) is 0 Å². The molecular weight excluding hydrogens is 349 g/mol. The van der Waals surface area contributed by atoms with Gasteiger partial charge >= 0.3 is 0 Å². The minimum Gasteiger partial charge on any atom is -0.306 e. The van der Waals surface area contributed by atoms with Crippen LogP contribution in [0.25, 0.3) is 16.7 Å². The first-order valence-electron chi connectivity index (χ1n) is 7.97. The average Bonchev–Trinajstić information content (AvgIpc) is 2.70. The fourth-order valence-electron chi connectivity index (χ4n) is 2.67. The van der Waals surface area contributed by atoms with Gasteiger partial charge in [-0.05, 0) is 42.5 Å². The maximum absolute atomic E-state index is 13.3. The van der Waals surface area contributed by atoms with Gasteiger partial charge in [-0.2, -0.15) is 0 Å².